The molecule has 0 aliphatic rings. The molecule has 0 aliphatic heterocycles. The van der Waals surface area contributed by atoms with Crippen LogP contribution in [0.15, 0.2) is 65.6 Å². The van der Waals surface area contributed by atoms with Gasteiger partial charge in [-0.05, 0) is 67.6 Å². The number of anilines is 2. The summed E-state index contributed by atoms with van der Waals surface area (Å²) in [5, 5.41) is 30.9. The molecule has 3 aromatic rings. The summed E-state index contributed by atoms with van der Waals surface area (Å²) in [5.41, 5.74) is 0.562. The lowest BCUT2D eigenvalue weighted by Crippen LogP contribution is -2.14. The summed E-state index contributed by atoms with van der Waals surface area (Å²) in [6.45, 7) is 2.35. The highest BCUT2D eigenvalue weighted by atomic mass is 32.2. The number of hydrogen-bond acceptors (Lipinski definition) is 7. The van der Waals surface area contributed by atoms with Crippen molar-refractivity contribution in [2.24, 2.45) is 0 Å². The Labute approximate surface area is 178 Å². The van der Waals surface area contributed by atoms with E-state index < -0.39 is 33.2 Å². The number of rotatable bonds is 7. The van der Waals surface area contributed by atoms with Crippen molar-refractivity contribution < 1.29 is 33.3 Å². The third-order valence-corrected chi connectivity index (χ3v) is 5.57. The first-order chi connectivity index (χ1) is 14.7. The molecule has 0 unspecified atom stereocenters. The van der Waals surface area contributed by atoms with Gasteiger partial charge in [-0.1, -0.05) is 0 Å². The second-order valence-electron chi connectivity index (χ2n) is 6.40. The van der Waals surface area contributed by atoms with E-state index in [2.05, 4.69) is 10.0 Å². The fourth-order valence-electron chi connectivity index (χ4n) is 2.66. The predicted molar refractivity (Wildman–Crippen MR) is 114 cm³/mol. The highest BCUT2D eigenvalue weighted by Crippen LogP contribution is 2.35. The lowest BCUT2D eigenvalue weighted by atomic mass is 10.1. The second-order valence-corrected chi connectivity index (χ2v) is 8.09. The molecule has 0 spiro atoms. The summed E-state index contributed by atoms with van der Waals surface area (Å²) in [6.07, 6.45) is 0. The SMILES string of the molecule is CCOc1ccc(NS(=O)(=O)c2ccc(NC(=O)c3cc(O)c(O)c(O)c3)cc2)cc1. The molecule has 9 nitrogen and oxygen atoms in total. The Morgan fingerprint density at radius 3 is 2.00 bits per heavy atom. The molecule has 1 amide bonds. The molecule has 5 N–H and O–H groups in total. The zero-order chi connectivity index (χ0) is 22.6. The van der Waals surface area contributed by atoms with Gasteiger partial charge < -0.3 is 25.4 Å². The van der Waals surface area contributed by atoms with E-state index in [4.69, 9.17) is 4.74 Å². The molecule has 0 aromatic heterocycles. The minimum Gasteiger partial charge on any atom is -0.504 e. The molecular weight excluding hydrogens is 424 g/mol. The van der Waals surface area contributed by atoms with Crippen molar-refractivity contribution >= 4 is 27.3 Å². The largest absolute Gasteiger partial charge is 0.504 e. The molecule has 0 saturated heterocycles. The van der Waals surface area contributed by atoms with Crippen LogP contribution in [0.5, 0.6) is 23.0 Å². The van der Waals surface area contributed by atoms with Crippen molar-refractivity contribution in [2.45, 2.75) is 11.8 Å². The third-order valence-electron chi connectivity index (χ3n) is 4.17. The maximum atomic E-state index is 12.6. The molecule has 31 heavy (non-hydrogen) atoms. The number of hydrogen-bond donors (Lipinski definition) is 5. The number of sulfonamides is 1. The van der Waals surface area contributed by atoms with Crippen molar-refractivity contribution in [1.82, 2.24) is 0 Å². The van der Waals surface area contributed by atoms with Crippen LogP contribution in [-0.4, -0.2) is 36.3 Å². The van der Waals surface area contributed by atoms with E-state index in [-0.39, 0.29) is 16.1 Å². The Morgan fingerprint density at radius 2 is 1.45 bits per heavy atom. The number of aromatic hydroxyl groups is 3. The van der Waals surface area contributed by atoms with Gasteiger partial charge in [0.05, 0.1) is 11.5 Å². The maximum absolute atomic E-state index is 12.6. The van der Waals surface area contributed by atoms with Crippen molar-refractivity contribution in [3.63, 3.8) is 0 Å². The molecule has 3 aromatic carbocycles. The first-order valence-electron chi connectivity index (χ1n) is 9.11. The number of nitrogens with one attached hydrogen (secondary N) is 2. The van der Waals surface area contributed by atoms with E-state index in [9.17, 15) is 28.5 Å². The van der Waals surface area contributed by atoms with Gasteiger partial charge in [-0.25, -0.2) is 8.42 Å². The molecule has 0 radical (unpaired) electrons. The molecule has 0 bridgehead atoms. The lowest BCUT2D eigenvalue weighted by Gasteiger charge is -2.11. The van der Waals surface area contributed by atoms with Gasteiger partial charge in [0.2, 0.25) is 0 Å². The minimum absolute atomic E-state index is 0.0145. The van der Waals surface area contributed by atoms with Gasteiger partial charge in [-0.3, -0.25) is 9.52 Å². The normalized spacial score (nSPS) is 11.0. The van der Waals surface area contributed by atoms with Crippen LogP contribution in [-0.2, 0) is 10.0 Å². The maximum Gasteiger partial charge on any atom is 0.261 e. The Kier molecular flexibility index (Phi) is 6.21. The van der Waals surface area contributed by atoms with Crippen LogP contribution >= 0.6 is 0 Å². The molecule has 0 heterocycles. The Hall–Kier alpha value is -3.92. The minimum atomic E-state index is -3.85. The van der Waals surface area contributed by atoms with E-state index in [1.165, 1.54) is 24.3 Å². The van der Waals surface area contributed by atoms with E-state index in [0.29, 0.717) is 18.0 Å². The summed E-state index contributed by atoms with van der Waals surface area (Å²) in [6, 6.07) is 13.9. The summed E-state index contributed by atoms with van der Waals surface area (Å²) in [5.74, 6) is -2.07. The highest BCUT2D eigenvalue weighted by Gasteiger charge is 2.16. The zero-order valence-electron chi connectivity index (χ0n) is 16.4. The van der Waals surface area contributed by atoms with E-state index >= 15 is 0 Å². The lowest BCUT2D eigenvalue weighted by molar-refractivity contribution is 0.102. The first-order valence-corrected chi connectivity index (χ1v) is 10.6. The van der Waals surface area contributed by atoms with Crippen LogP contribution in [0.1, 0.15) is 17.3 Å². The predicted octanol–water partition coefficient (Wildman–Crippen LogP) is 3.26. The quantitative estimate of drug-likeness (QED) is 0.352. The smallest absolute Gasteiger partial charge is 0.261 e. The van der Waals surface area contributed by atoms with Crippen LogP contribution in [0.25, 0.3) is 0 Å². The second kappa shape index (κ2) is 8.84. The fourth-order valence-corrected chi connectivity index (χ4v) is 3.71. The number of carbonyl (C=O) groups excluding carboxylic acids is 1. The number of carbonyl (C=O) groups is 1. The van der Waals surface area contributed by atoms with Crippen molar-refractivity contribution in [3.8, 4) is 23.0 Å². The van der Waals surface area contributed by atoms with Crippen LogP contribution < -0.4 is 14.8 Å². The van der Waals surface area contributed by atoms with Crippen LogP contribution in [0.2, 0.25) is 0 Å². The Balaban J connectivity index is 1.70. The summed E-state index contributed by atoms with van der Waals surface area (Å²) < 4.78 is 32.9. The first kappa shape index (κ1) is 21.8. The number of ether oxygens (including phenoxy) is 1. The molecule has 0 atom stereocenters. The highest BCUT2D eigenvalue weighted by molar-refractivity contribution is 7.92. The Bertz CT molecular complexity index is 1170. The van der Waals surface area contributed by atoms with Crippen LogP contribution in [0, 0.1) is 0 Å². The number of amides is 1. The average Bonchev–Trinajstić information content (AvgIpc) is 2.73. The van der Waals surface area contributed by atoms with Crippen LogP contribution in [0.4, 0.5) is 11.4 Å². The fraction of sp³-hybridized carbons (Fsp3) is 0.0952. The van der Waals surface area contributed by atoms with Gasteiger partial charge in [0.25, 0.3) is 15.9 Å². The van der Waals surface area contributed by atoms with Gasteiger partial charge in [0.15, 0.2) is 17.2 Å². The number of benzene rings is 3. The topological polar surface area (TPSA) is 145 Å². The van der Waals surface area contributed by atoms with Crippen molar-refractivity contribution in [3.05, 3.63) is 66.2 Å². The summed E-state index contributed by atoms with van der Waals surface area (Å²) in [4.78, 5) is 12.3. The van der Waals surface area contributed by atoms with E-state index in [0.717, 1.165) is 12.1 Å². The zero-order valence-corrected chi connectivity index (χ0v) is 17.2. The monoisotopic (exact) mass is 444 g/mol. The van der Waals surface area contributed by atoms with Gasteiger partial charge in [0, 0.05) is 16.9 Å². The third kappa shape index (κ3) is 5.17. The van der Waals surface area contributed by atoms with Crippen LogP contribution in [0.3, 0.4) is 0 Å². The average molecular weight is 444 g/mol. The molecule has 0 saturated carbocycles. The van der Waals surface area contributed by atoms with E-state index in [1.54, 1.807) is 24.3 Å². The van der Waals surface area contributed by atoms with Crippen molar-refractivity contribution in [1.29, 1.82) is 0 Å². The van der Waals surface area contributed by atoms with Gasteiger partial charge in [-0.15, -0.1) is 0 Å². The molecular formula is C21H20N2O7S. The van der Waals surface area contributed by atoms with Crippen molar-refractivity contribution in [2.75, 3.05) is 16.6 Å². The number of phenols is 3. The standard InChI is InChI=1S/C21H20N2O7S/c1-2-30-16-7-3-15(4-8-16)23-31(28,29)17-9-5-14(6-10-17)22-21(27)13-11-18(24)20(26)19(25)12-13/h3-12,23-26H,2H2,1H3,(H,22,27). The molecule has 0 fully saturated rings. The number of phenolic OH excluding ortho intramolecular Hbond substituents is 3. The molecule has 0 aliphatic carbocycles. The van der Waals surface area contributed by atoms with Gasteiger partial charge in [-0.2, -0.15) is 0 Å². The molecule has 3 rings (SSSR count). The van der Waals surface area contributed by atoms with Gasteiger partial charge in [0.1, 0.15) is 5.75 Å². The van der Waals surface area contributed by atoms with Gasteiger partial charge >= 0.3 is 0 Å². The summed E-state index contributed by atoms with van der Waals surface area (Å²) >= 11 is 0. The molecule has 10 heteroatoms. The molecule has 162 valence electrons. The summed E-state index contributed by atoms with van der Waals surface area (Å²) in [7, 11) is -3.85. The Morgan fingerprint density at radius 1 is 0.903 bits per heavy atom. The van der Waals surface area contributed by atoms with E-state index in [1.807, 2.05) is 6.92 Å².